The zero-order chi connectivity index (χ0) is 35.9. The number of nitriles is 1. The van der Waals surface area contributed by atoms with Gasteiger partial charge in [-0.3, -0.25) is 4.90 Å². The molecular weight excluding hydrogens is 649 g/mol. The summed E-state index contributed by atoms with van der Waals surface area (Å²) >= 11 is 0. The number of hydrogen-bond donors (Lipinski definition) is 0. The number of pyridine rings is 2. The maximum absolute atomic E-state index is 10.3. The van der Waals surface area contributed by atoms with Crippen molar-refractivity contribution in [3.63, 3.8) is 0 Å². The lowest BCUT2D eigenvalue weighted by Crippen LogP contribution is -2.14. The third-order valence-electron chi connectivity index (χ3n) is 9.81. The molecule has 0 atom stereocenters. The minimum atomic E-state index is 0.530. The van der Waals surface area contributed by atoms with Crippen molar-refractivity contribution >= 4 is 72.4 Å². The molecule has 9 rings (SSSR count). The van der Waals surface area contributed by atoms with Gasteiger partial charge in [-0.2, -0.15) is 5.26 Å². The second-order valence-corrected chi connectivity index (χ2v) is 13.0. The van der Waals surface area contributed by atoms with Crippen LogP contribution in [-0.2, 0) is 0 Å². The molecule has 0 N–H and O–H groups in total. The van der Waals surface area contributed by atoms with Crippen molar-refractivity contribution in [1.29, 1.82) is 5.26 Å². The van der Waals surface area contributed by atoms with Gasteiger partial charge in [-0.1, -0.05) is 91.0 Å². The van der Waals surface area contributed by atoms with Gasteiger partial charge in [0.25, 0.3) is 0 Å². The lowest BCUT2D eigenvalue weighted by molar-refractivity contribution is 1.18. The molecular formula is C47H30N6. The second kappa shape index (κ2) is 13.0. The lowest BCUT2D eigenvalue weighted by atomic mass is 9.91. The summed E-state index contributed by atoms with van der Waals surface area (Å²) in [5, 5.41) is 16.8. The van der Waals surface area contributed by atoms with Gasteiger partial charge in [-0.05, 0) is 106 Å². The zero-order valence-electron chi connectivity index (χ0n) is 28.8. The van der Waals surface area contributed by atoms with Crippen LogP contribution in [0.25, 0.3) is 48.3 Å². The molecule has 6 nitrogen and oxygen atoms in total. The van der Waals surface area contributed by atoms with Gasteiger partial charge < -0.3 is 4.90 Å². The van der Waals surface area contributed by atoms with Crippen LogP contribution in [0.2, 0.25) is 0 Å². The van der Waals surface area contributed by atoms with Crippen molar-refractivity contribution in [2.45, 2.75) is 6.92 Å². The molecule has 0 saturated carbocycles. The minimum absolute atomic E-state index is 0.530. The van der Waals surface area contributed by atoms with Gasteiger partial charge in [-0.25, -0.2) is 14.8 Å². The standard InChI is InChI=1S/C47H30N6/c1-31-14-22-40(36(28-31)30-48)52(44-12-6-8-26-50-44)41-23-17-33-16-21-38-42(24-18-34-15-20-37(41)46(33)47(34)38)53(45-13-7-9-27-51-45)43-25-19-35(29-39(43)49-2)32-10-4-3-5-11-32/h3-29H,1H3. The fraction of sp³-hybridized carbons (Fsp3) is 0.0213. The number of anilines is 6. The normalized spacial score (nSPS) is 11.1. The summed E-state index contributed by atoms with van der Waals surface area (Å²) in [5.41, 5.74) is 7.51. The Morgan fingerprint density at radius 3 is 1.66 bits per heavy atom. The van der Waals surface area contributed by atoms with Gasteiger partial charge in [-0.15, -0.1) is 0 Å². The second-order valence-electron chi connectivity index (χ2n) is 13.0. The number of aryl methyl sites for hydroxylation is 1. The molecule has 248 valence electrons. The summed E-state index contributed by atoms with van der Waals surface area (Å²) in [6.07, 6.45) is 3.56. The van der Waals surface area contributed by atoms with E-state index in [1.807, 2.05) is 91.9 Å². The predicted molar refractivity (Wildman–Crippen MR) is 216 cm³/mol. The van der Waals surface area contributed by atoms with E-state index in [1.54, 1.807) is 12.4 Å². The fourth-order valence-electron chi connectivity index (χ4n) is 7.43. The van der Waals surface area contributed by atoms with Crippen molar-refractivity contribution in [3.05, 3.63) is 187 Å². The lowest BCUT2D eigenvalue weighted by Gasteiger charge is -2.29. The smallest absolute Gasteiger partial charge is 0.211 e. The van der Waals surface area contributed by atoms with E-state index in [0.717, 1.165) is 77.6 Å². The molecule has 0 fully saturated rings. The SMILES string of the molecule is [C-]#[N+]c1cc(-c2ccccc2)ccc1N(c1ccccn1)c1ccc2ccc3c(N(c4ccccn4)c4ccc(C)cc4C#N)ccc4ccc1c2c43. The Balaban J connectivity index is 1.30. The summed E-state index contributed by atoms with van der Waals surface area (Å²) in [5.74, 6) is 1.43. The van der Waals surface area contributed by atoms with E-state index in [4.69, 9.17) is 16.5 Å². The molecule has 0 aliphatic rings. The first-order valence-corrected chi connectivity index (χ1v) is 17.3. The molecule has 6 heteroatoms. The Kier molecular flexibility index (Phi) is 7.70. The van der Waals surface area contributed by atoms with Crippen molar-refractivity contribution in [1.82, 2.24) is 9.97 Å². The predicted octanol–water partition coefficient (Wildman–Crippen LogP) is 12.7. The van der Waals surface area contributed by atoms with Crippen LogP contribution in [0.5, 0.6) is 0 Å². The van der Waals surface area contributed by atoms with Gasteiger partial charge >= 0.3 is 0 Å². The largest absolute Gasteiger partial charge is 0.304 e. The number of aromatic nitrogens is 2. The molecule has 2 heterocycles. The Labute approximate surface area is 307 Å². The highest BCUT2D eigenvalue weighted by Gasteiger charge is 2.24. The van der Waals surface area contributed by atoms with E-state index in [-0.39, 0.29) is 0 Å². The highest BCUT2D eigenvalue weighted by Crippen LogP contribution is 2.49. The van der Waals surface area contributed by atoms with E-state index in [0.29, 0.717) is 17.1 Å². The molecule has 53 heavy (non-hydrogen) atoms. The highest BCUT2D eigenvalue weighted by atomic mass is 15.2. The van der Waals surface area contributed by atoms with Crippen molar-refractivity contribution in [3.8, 4) is 17.2 Å². The summed E-state index contributed by atoms with van der Waals surface area (Å²) in [7, 11) is 0. The summed E-state index contributed by atoms with van der Waals surface area (Å²) < 4.78 is 0. The van der Waals surface area contributed by atoms with Gasteiger partial charge in [0.15, 0.2) is 0 Å². The topological polar surface area (TPSA) is 60.4 Å². The Bertz CT molecular complexity index is 2870. The van der Waals surface area contributed by atoms with Crippen LogP contribution in [0.3, 0.4) is 0 Å². The van der Waals surface area contributed by atoms with E-state index < -0.39 is 0 Å². The van der Waals surface area contributed by atoms with Crippen molar-refractivity contribution < 1.29 is 0 Å². The monoisotopic (exact) mass is 678 g/mol. The number of rotatable bonds is 7. The van der Waals surface area contributed by atoms with E-state index >= 15 is 0 Å². The van der Waals surface area contributed by atoms with Crippen molar-refractivity contribution in [2.75, 3.05) is 9.80 Å². The van der Waals surface area contributed by atoms with Crippen LogP contribution in [-0.4, -0.2) is 9.97 Å². The van der Waals surface area contributed by atoms with Crippen LogP contribution >= 0.6 is 0 Å². The summed E-state index contributed by atoms with van der Waals surface area (Å²) in [6.45, 7) is 10.3. The maximum Gasteiger partial charge on any atom is 0.211 e. The molecule has 0 aliphatic heterocycles. The van der Waals surface area contributed by atoms with Gasteiger partial charge in [0.05, 0.1) is 34.9 Å². The molecule has 2 aromatic heterocycles. The molecule has 9 aromatic rings. The first kappa shape index (κ1) is 31.4. The van der Waals surface area contributed by atoms with Crippen LogP contribution in [0.15, 0.2) is 164 Å². The van der Waals surface area contributed by atoms with Gasteiger partial charge in [0.2, 0.25) is 5.69 Å². The van der Waals surface area contributed by atoms with Crippen LogP contribution < -0.4 is 9.80 Å². The number of hydrogen-bond acceptors (Lipinski definition) is 5. The Morgan fingerprint density at radius 2 is 1.09 bits per heavy atom. The number of nitrogens with zero attached hydrogens (tertiary/aromatic N) is 6. The quantitative estimate of drug-likeness (QED) is 0.124. The molecule has 0 radical (unpaired) electrons. The molecule has 0 unspecified atom stereocenters. The molecule has 0 amide bonds. The first-order valence-electron chi connectivity index (χ1n) is 17.3. The van der Waals surface area contributed by atoms with Gasteiger partial charge in [0.1, 0.15) is 17.7 Å². The first-order chi connectivity index (χ1) is 26.1. The third-order valence-corrected chi connectivity index (χ3v) is 9.81. The molecule has 0 saturated heterocycles. The molecule has 0 spiro atoms. The van der Waals surface area contributed by atoms with Crippen LogP contribution in [0.1, 0.15) is 11.1 Å². The van der Waals surface area contributed by atoms with Crippen LogP contribution in [0.4, 0.5) is 40.1 Å². The summed E-state index contributed by atoms with van der Waals surface area (Å²) in [4.78, 5) is 17.8. The fourth-order valence-corrected chi connectivity index (χ4v) is 7.43. The van der Waals surface area contributed by atoms with E-state index in [1.165, 1.54) is 0 Å². The maximum atomic E-state index is 10.3. The van der Waals surface area contributed by atoms with Crippen LogP contribution in [0, 0.1) is 24.8 Å². The molecule has 0 bridgehead atoms. The zero-order valence-corrected chi connectivity index (χ0v) is 28.8. The average molecular weight is 679 g/mol. The number of benzene rings is 7. The van der Waals surface area contributed by atoms with E-state index in [9.17, 15) is 5.26 Å². The minimum Gasteiger partial charge on any atom is -0.304 e. The van der Waals surface area contributed by atoms with Gasteiger partial charge in [0, 0.05) is 23.2 Å². The highest BCUT2D eigenvalue weighted by molar-refractivity contribution is 6.28. The summed E-state index contributed by atoms with van der Waals surface area (Å²) in [6, 6.07) is 53.5. The Morgan fingerprint density at radius 1 is 0.547 bits per heavy atom. The molecule has 7 aromatic carbocycles. The Hall–Kier alpha value is -7.54. The third kappa shape index (κ3) is 5.34. The van der Waals surface area contributed by atoms with E-state index in [2.05, 4.69) is 87.4 Å². The average Bonchev–Trinajstić information content (AvgIpc) is 3.22. The van der Waals surface area contributed by atoms with Crippen molar-refractivity contribution in [2.24, 2.45) is 0 Å². The molecule has 0 aliphatic carbocycles.